The number of nitrogens with zero attached hydrogens (tertiary/aromatic N) is 3. The van der Waals surface area contributed by atoms with Crippen LogP contribution in [0.25, 0.3) is 0 Å². The van der Waals surface area contributed by atoms with E-state index in [1.165, 1.54) is 12.1 Å². The number of piperazine rings is 1. The zero-order chi connectivity index (χ0) is 22.4. The van der Waals surface area contributed by atoms with E-state index in [9.17, 15) is 4.79 Å². The maximum atomic E-state index is 12.6. The lowest BCUT2D eigenvalue weighted by atomic mass is 9.69. The summed E-state index contributed by atoms with van der Waals surface area (Å²) < 4.78 is 5.54. The Bertz CT molecular complexity index is 872. The third-order valence-electron chi connectivity index (χ3n) is 7.31. The van der Waals surface area contributed by atoms with Crippen molar-refractivity contribution in [1.29, 1.82) is 0 Å². The lowest BCUT2D eigenvalue weighted by Gasteiger charge is -2.40. The average molecular weight is 437 g/mol. The Morgan fingerprint density at radius 1 is 1.09 bits per heavy atom. The molecule has 1 amide bonds. The van der Waals surface area contributed by atoms with E-state index in [-0.39, 0.29) is 11.8 Å². The second-order valence-electron chi connectivity index (χ2n) is 9.54. The number of hydrogen-bond donors (Lipinski definition) is 1. The lowest BCUT2D eigenvalue weighted by Crippen LogP contribution is -2.47. The predicted molar refractivity (Wildman–Crippen MR) is 129 cm³/mol. The fourth-order valence-electron chi connectivity index (χ4n) is 5.02. The molecule has 0 radical (unpaired) electrons. The van der Waals surface area contributed by atoms with Crippen molar-refractivity contribution < 1.29 is 9.53 Å². The van der Waals surface area contributed by atoms with E-state index in [4.69, 9.17) is 4.74 Å². The van der Waals surface area contributed by atoms with Crippen LogP contribution in [0.15, 0.2) is 48.7 Å². The third-order valence-corrected chi connectivity index (χ3v) is 7.31. The number of aromatic nitrogens is 1. The Balaban J connectivity index is 1.20. The number of nitrogens with one attached hydrogen (secondary N) is 1. The highest BCUT2D eigenvalue weighted by atomic mass is 16.5. The summed E-state index contributed by atoms with van der Waals surface area (Å²) in [5.74, 6) is 1.84. The number of para-hydroxylation sites is 2. The summed E-state index contributed by atoms with van der Waals surface area (Å²) in [6.07, 6.45) is 7.09. The highest BCUT2D eigenvalue weighted by Crippen LogP contribution is 2.41. The van der Waals surface area contributed by atoms with E-state index < -0.39 is 0 Å². The zero-order valence-electron chi connectivity index (χ0n) is 19.4. The molecular weight excluding hydrogens is 400 g/mol. The Morgan fingerprint density at radius 2 is 1.81 bits per heavy atom. The van der Waals surface area contributed by atoms with Gasteiger partial charge < -0.3 is 15.0 Å². The first-order chi connectivity index (χ1) is 15.6. The van der Waals surface area contributed by atoms with Gasteiger partial charge in [0.1, 0.15) is 11.6 Å². The van der Waals surface area contributed by atoms with E-state index in [1.807, 2.05) is 30.3 Å². The van der Waals surface area contributed by atoms with Gasteiger partial charge in [0.2, 0.25) is 5.91 Å². The van der Waals surface area contributed by atoms with Crippen molar-refractivity contribution in [3.63, 3.8) is 0 Å². The Hall–Kier alpha value is -2.60. The molecule has 4 rings (SSSR count). The van der Waals surface area contributed by atoms with E-state index >= 15 is 0 Å². The van der Waals surface area contributed by atoms with Crippen molar-refractivity contribution in [1.82, 2.24) is 9.88 Å². The summed E-state index contributed by atoms with van der Waals surface area (Å²) in [6.45, 7) is 7.79. The monoisotopic (exact) mass is 436 g/mol. The van der Waals surface area contributed by atoms with Crippen LogP contribution in [0.3, 0.4) is 0 Å². The van der Waals surface area contributed by atoms with Gasteiger partial charge in [-0.15, -0.1) is 0 Å². The van der Waals surface area contributed by atoms with Gasteiger partial charge in [0.25, 0.3) is 0 Å². The molecule has 0 atom stereocenters. The first-order valence-electron chi connectivity index (χ1n) is 11.9. The quantitative estimate of drug-likeness (QED) is 0.696. The molecule has 6 heteroatoms. The fraction of sp³-hybridized carbons (Fsp3) is 0.538. The second-order valence-corrected chi connectivity index (χ2v) is 9.54. The molecule has 6 nitrogen and oxygen atoms in total. The van der Waals surface area contributed by atoms with E-state index in [0.29, 0.717) is 11.2 Å². The smallest absolute Gasteiger partial charge is 0.228 e. The van der Waals surface area contributed by atoms with Crippen LogP contribution in [0.4, 0.5) is 11.5 Å². The molecule has 1 aliphatic heterocycles. The molecule has 172 valence electrons. The van der Waals surface area contributed by atoms with E-state index in [1.54, 1.807) is 13.3 Å². The van der Waals surface area contributed by atoms with Crippen LogP contribution in [0.1, 0.15) is 39.0 Å². The van der Waals surface area contributed by atoms with Crippen LogP contribution in [0, 0.1) is 11.3 Å². The van der Waals surface area contributed by atoms with Gasteiger partial charge in [-0.2, -0.15) is 0 Å². The van der Waals surface area contributed by atoms with E-state index in [2.05, 4.69) is 39.2 Å². The number of amides is 1. The number of rotatable bonds is 7. The number of methoxy groups -OCH3 is 1. The minimum Gasteiger partial charge on any atom is -0.495 e. The minimum absolute atomic E-state index is 0.106. The Kier molecular flexibility index (Phi) is 7.30. The Morgan fingerprint density at radius 3 is 2.50 bits per heavy atom. The molecule has 1 aromatic heterocycles. The van der Waals surface area contributed by atoms with Crippen LogP contribution in [-0.2, 0) is 4.79 Å². The number of benzene rings is 1. The molecule has 1 saturated carbocycles. The number of pyridine rings is 1. The fourth-order valence-corrected chi connectivity index (χ4v) is 5.02. The minimum atomic E-state index is 0.106. The second kappa shape index (κ2) is 10.3. The van der Waals surface area contributed by atoms with Crippen LogP contribution in [0.2, 0.25) is 0 Å². The largest absolute Gasteiger partial charge is 0.495 e. The molecule has 2 heterocycles. The van der Waals surface area contributed by atoms with Crippen molar-refractivity contribution >= 4 is 17.4 Å². The molecule has 1 aromatic carbocycles. The molecule has 0 unspecified atom stereocenters. The van der Waals surface area contributed by atoms with Crippen molar-refractivity contribution in [2.75, 3.05) is 50.1 Å². The van der Waals surface area contributed by atoms with Gasteiger partial charge in [-0.05, 0) is 68.3 Å². The topological polar surface area (TPSA) is 57.7 Å². The summed E-state index contributed by atoms with van der Waals surface area (Å²) >= 11 is 0. The molecule has 0 bridgehead atoms. The summed E-state index contributed by atoms with van der Waals surface area (Å²) in [7, 11) is 1.74. The van der Waals surface area contributed by atoms with Crippen LogP contribution < -0.4 is 15.0 Å². The van der Waals surface area contributed by atoms with Gasteiger partial charge in [-0.25, -0.2) is 4.98 Å². The summed E-state index contributed by atoms with van der Waals surface area (Å²) in [5, 5.41) is 2.98. The first kappa shape index (κ1) is 22.6. The number of carbonyl (C=O) groups is 1. The van der Waals surface area contributed by atoms with Crippen LogP contribution in [-0.4, -0.2) is 55.6 Å². The van der Waals surface area contributed by atoms with Crippen molar-refractivity contribution in [3.05, 3.63) is 48.7 Å². The van der Waals surface area contributed by atoms with Gasteiger partial charge in [0.05, 0.1) is 12.8 Å². The molecule has 1 N–H and O–H groups in total. The number of hydrogen-bond acceptors (Lipinski definition) is 5. The molecule has 2 aromatic rings. The number of anilines is 2. The predicted octanol–water partition coefficient (Wildman–Crippen LogP) is 4.44. The molecule has 1 saturated heterocycles. The maximum Gasteiger partial charge on any atom is 0.228 e. The third kappa shape index (κ3) is 5.60. The lowest BCUT2D eigenvalue weighted by molar-refractivity contribution is -0.121. The molecule has 0 spiro atoms. The molecule has 2 aliphatic rings. The van der Waals surface area contributed by atoms with Crippen LogP contribution >= 0.6 is 0 Å². The summed E-state index contributed by atoms with van der Waals surface area (Å²) in [5.41, 5.74) is 1.53. The van der Waals surface area contributed by atoms with Crippen LogP contribution in [0.5, 0.6) is 5.75 Å². The average Bonchev–Trinajstić information content (AvgIpc) is 2.84. The molecule has 2 fully saturated rings. The van der Waals surface area contributed by atoms with Gasteiger partial charge in [0.15, 0.2) is 0 Å². The van der Waals surface area contributed by atoms with Gasteiger partial charge >= 0.3 is 0 Å². The zero-order valence-corrected chi connectivity index (χ0v) is 19.4. The molecular formula is C26H36N4O2. The first-order valence-corrected chi connectivity index (χ1v) is 11.9. The summed E-state index contributed by atoms with van der Waals surface area (Å²) in [4.78, 5) is 21.8. The highest BCUT2D eigenvalue weighted by Gasteiger charge is 2.34. The molecule has 32 heavy (non-hydrogen) atoms. The van der Waals surface area contributed by atoms with Gasteiger partial charge in [-0.1, -0.05) is 25.1 Å². The van der Waals surface area contributed by atoms with Crippen molar-refractivity contribution in [2.24, 2.45) is 11.3 Å². The van der Waals surface area contributed by atoms with E-state index in [0.717, 1.165) is 64.2 Å². The SMILES string of the molecule is COc1ccccc1N1CCN(CCC2(C)CCC(C(=O)Nc3ccccn3)CC2)CC1. The van der Waals surface area contributed by atoms with Gasteiger partial charge in [-0.3, -0.25) is 9.69 Å². The maximum absolute atomic E-state index is 12.6. The van der Waals surface area contributed by atoms with Gasteiger partial charge in [0, 0.05) is 38.3 Å². The number of ether oxygens (including phenoxy) is 1. The summed E-state index contributed by atoms with van der Waals surface area (Å²) in [6, 6.07) is 13.9. The molecule has 1 aliphatic carbocycles. The van der Waals surface area contributed by atoms with Crippen molar-refractivity contribution in [2.45, 2.75) is 39.0 Å². The van der Waals surface area contributed by atoms with Crippen molar-refractivity contribution in [3.8, 4) is 5.75 Å². The number of carbonyl (C=O) groups excluding carboxylic acids is 1. The normalized spacial score (nSPS) is 24.2. The highest BCUT2D eigenvalue weighted by molar-refractivity contribution is 5.91. The Labute approximate surface area is 192 Å². The standard InChI is InChI=1S/C26H36N4O2/c1-26(12-10-21(11-13-26)25(31)28-24-9-5-6-15-27-24)14-16-29-17-19-30(20-18-29)22-7-3-4-8-23(22)32-2/h3-9,15,21H,10-14,16-20H2,1-2H3,(H,27,28,31).